The summed E-state index contributed by atoms with van der Waals surface area (Å²) >= 11 is 0. The van der Waals surface area contributed by atoms with E-state index < -0.39 is 22.9 Å². The zero-order chi connectivity index (χ0) is 18.4. The predicted molar refractivity (Wildman–Crippen MR) is 85.1 cm³/mol. The first-order valence-corrected chi connectivity index (χ1v) is 7.31. The molecule has 2 amide bonds. The average Bonchev–Trinajstić information content (AvgIpc) is 2.59. The Morgan fingerprint density at radius 3 is 1.58 bits per heavy atom. The average molecular weight is 414 g/mol. The van der Waals surface area contributed by atoms with Crippen molar-refractivity contribution in [3.63, 3.8) is 0 Å². The van der Waals surface area contributed by atoms with Gasteiger partial charge in [0.15, 0.2) is 0 Å². The van der Waals surface area contributed by atoms with Gasteiger partial charge in [-0.25, -0.2) is 0 Å². The zero-order valence-electron chi connectivity index (χ0n) is 13.7. The van der Waals surface area contributed by atoms with Crippen molar-refractivity contribution in [3.8, 4) is 0 Å². The van der Waals surface area contributed by atoms with Gasteiger partial charge in [-0.15, -0.1) is 9.46 Å². The van der Waals surface area contributed by atoms with Gasteiger partial charge in [0.1, 0.15) is 11.4 Å². The summed E-state index contributed by atoms with van der Waals surface area (Å²) in [6.07, 6.45) is 0.350. The topological polar surface area (TPSA) is 143 Å². The maximum Gasteiger partial charge on any atom is 2.00 e. The van der Waals surface area contributed by atoms with E-state index in [4.69, 9.17) is 0 Å². The molecular weight excluding hydrogens is 398 g/mol. The summed E-state index contributed by atoms with van der Waals surface area (Å²) in [5.41, 5.74) is -1.86. The second-order valence-corrected chi connectivity index (χ2v) is 4.99. The van der Waals surface area contributed by atoms with Gasteiger partial charge in [0, 0.05) is 25.2 Å². The number of hydrogen-bond acceptors (Lipinski definition) is 6. The Kier molecular flexibility index (Phi) is 7.73. The quantitative estimate of drug-likeness (QED) is 0.273. The van der Waals surface area contributed by atoms with E-state index in [-0.39, 0.29) is 53.4 Å². The summed E-state index contributed by atoms with van der Waals surface area (Å²) in [5, 5.41) is 23.9. The maximum absolute atomic E-state index is 11.8. The van der Waals surface area contributed by atoms with Crippen molar-refractivity contribution < 1.29 is 39.5 Å². The SMILES string of the molecule is O=C(NCCCNC(=O)c1cccc(=O)n1O)c1cccc(=O)n1O.[Zn+2]. The zero-order valence-corrected chi connectivity index (χ0v) is 16.7. The largest absolute Gasteiger partial charge is 2.00 e. The van der Waals surface area contributed by atoms with Crippen LogP contribution in [0.15, 0.2) is 46.0 Å². The Bertz CT molecular complexity index is 834. The second kappa shape index (κ2) is 9.52. The van der Waals surface area contributed by atoms with Gasteiger partial charge >= 0.3 is 19.5 Å². The molecule has 26 heavy (non-hydrogen) atoms. The molecule has 132 valence electrons. The molecule has 4 N–H and O–H groups in total. The number of hydrogen-bond donors (Lipinski definition) is 4. The summed E-state index contributed by atoms with van der Waals surface area (Å²) in [4.78, 5) is 46.1. The number of pyridine rings is 2. The van der Waals surface area contributed by atoms with Gasteiger partial charge in [-0.1, -0.05) is 12.1 Å². The second-order valence-electron chi connectivity index (χ2n) is 4.99. The molecule has 10 nitrogen and oxygen atoms in total. The Hall–Kier alpha value is -2.94. The molecule has 0 bridgehead atoms. The molecule has 0 atom stereocenters. The fraction of sp³-hybridized carbons (Fsp3) is 0.200. The van der Waals surface area contributed by atoms with Crippen molar-refractivity contribution >= 4 is 11.8 Å². The fourth-order valence-electron chi connectivity index (χ4n) is 1.98. The first-order chi connectivity index (χ1) is 11.9. The molecule has 11 heteroatoms. The van der Waals surface area contributed by atoms with E-state index in [9.17, 15) is 29.6 Å². The Morgan fingerprint density at radius 2 is 1.19 bits per heavy atom. The van der Waals surface area contributed by atoms with Crippen LogP contribution in [0, 0.1) is 0 Å². The van der Waals surface area contributed by atoms with Crippen molar-refractivity contribution in [2.24, 2.45) is 0 Å². The molecule has 0 aliphatic heterocycles. The third kappa shape index (κ3) is 5.03. The van der Waals surface area contributed by atoms with Gasteiger partial charge in [0.2, 0.25) is 0 Å². The van der Waals surface area contributed by atoms with E-state index in [2.05, 4.69) is 10.6 Å². The van der Waals surface area contributed by atoms with Crippen molar-refractivity contribution in [3.05, 3.63) is 68.5 Å². The molecule has 0 spiro atoms. The molecule has 0 aliphatic carbocycles. The van der Waals surface area contributed by atoms with E-state index in [0.717, 1.165) is 12.1 Å². The molecule has 0 saturated heterocycles. The molecule has 2 rings (SSSR count). The van der Waals surface area contributed by atoms with Crippen LogP contribution in [0.4, 0.5) is 0 Å². The summed E-state index contributed by atoms with van der Waals surface area (Å²) in [7, 11) is 0. The number of nitrogens with one attached hydrogen (secondary N) is 2. The fourth-order valence-corrected chi connectivity index (χ4v) is 1.98. The Morgan fingerprint density at radius 1 is 0.808 bits per heavy atom. The number of rotatable bonds is 6. The van der Waals surface area contributed by atoms with Crippen LogP contribution in [0.25, 0.3) is 0 Å². The third-order valence-corrected chi connectivity index (χ3v) is 3.25. The minimum absolute atomic E-state index is 0. The van der Waals surface area contributed by atoms with Crippen LogP contribution in [0.5, 0.6) is 0 Å². The molecular formula is C15H16N4O6Zn+2. The van der Waals surface area contributed by atoms with Gasteiger partial charge in [-0.3, -0.25) is 19.2 Å². The molecule has 2 aromatic rings. The Labute approximate surface area is 159 Å². The number of nitrogens with zero attached hydrogens (tertiary/aromatic N) is 2. The molecule has 0 unspecified atom stereocenters. The number of amides is 2. The Balaban J connectivity index is 0.00000338. The van der Waals surface area contributed by atoms with Gasteiger partial charge in [0.05, 0.1) is 0 Å². The maximum atomic E-state index is 11.8. The van der Waals surface area contributed by atoms with Crippen LogP contribution < -0.4 is 21.8 Å². The molecule has 0 saturated carbocycles. The van der Waals surface area contributed by atoms with Crippen molar-refractivity contribution in [2.45, 2.75) is 6.42 Å². The van der Waals surface area contributed by atoms with Gasteiger partial charge in [-0.2, -0.15) is 0 Å². The molecule has 2 heterocycles. The summed E-state index contributed by atoms with van der Waals surface area (Å²) in [5.74, 6) is -1.28. The van der Waals surface area contributed by atoms with Crippen LogP contribution in [-0.2, 0) is 19.5 Å². The van der Waals surface area contributed by atoms with Crippen LogP contribution in [0.1, 0.15) is 27.4 Å². The van der Waals surface area contributed by atoms with E-state index in [1.807, 2.05) is 0 Å². The van der Waals surface area contributed by atoms with E-state index >= 15 is 0 Å². The van der Waals surface area contributed by atoms with Gasteiger partial charge in [0.25, 0.3) is 22.9 Å². The predicted octanol–water partition coefficient (Wildman–Crippen LogP) is -0.968. The number of carbonyl (C=O) groups excluding carboxylic acids is 2. The molecule has 0 aliphatic rings. The standard InChI is InChI=1S/C15H16N4O6.Zn/c20-12-6-1-4-10(18(12)24)14(22)16-8-3-9-17-15(23)11-5-2-7-13(21)19(11)25;/h1-2,4-7,24-25H,3,8-9H2,(H,16,22)(H,17,23);/q;+2. The van der Waals surface area contributed by atoms with E-state index in [1.165, 1.54) is 24.3 Å². The number of aromatic nitrogens is 2. The van der Waals surface area contributed by atoms with Crippen LogP contribution in [0.2, 0.25) is 0 Å². The van der Waals surface area contributed by atoms with Crippen LogP contribution in [0.3, 0.4) is 0 Å². The van der Waals surface area contributed by atoms with Crippen LogP contribution >= 0.6 is 0 Å². The first kappa shape index (κ1) is 21.1. The third-order valence-electron chi connectivity index (χ3n) is 3.25. The molecule has 0 fully saturated rings. The summed E-state index contributed by atoms with van der Waals surface area (Å²) in [6, 6.07) is 7.48. The molecule has 0 aromatic carbocycles. The van der Waals surface area contributed by atoms with Crippen molar-refractivity contribution in [1.29, 1.82) is 0 Å². The summed E-state index contributed by atoms with van der Waals surface area (Å²) in [6.45, 7) is 0.339. The normalized spacial score (nSPS) is 9.85. The van der Waals surface area contributed by atoms with Gasteiger partial charge < -0.3 is 21.0 Å². The first-order valence-electron chi connectivity index (χ1n) is 7.31. The monoisotopic (exact) mass is 412 g/mol. The van der Waals surface area contributed by atoms with Crippen molar-refractivity contribution in [1.82, 2.24) is 20.1 Å². The minimum atomic E-state index is -0.724. The van der Waals surface area contributed by atoms with E-state index in [0.29, 0.717) is 6.42 Å². The molecule has 2 aromatic heterocycles. The van der Waals surface area contributed by atoms with Crippen LogP contribution in [-0.4, -0.2) is 44.8 Å². The van der Waals surface area contributed by atoms with Crippen molar-refractivity contribution in [2.75, 3.05) is 13.1 Å². The smallest absolute Gasteiger partial charge is 0.425 e. The molecule has 0 radical (unpaired) electrons. The van der Waals surface area contributed by atoms with Gasteiger partial charge in [-0.05, 0) is 18.6 Å². The number of carbonyl (C=O) groups is 2. The van der Waals surface area contributed by atoms with E-state index in [1.54, 1.807) is 0 Å². The summed E-state index contributed by atoms with van der Waals surface area (Å²) < 4.78 is 0.486. The minimum Gasteiger partial charge on any atom is -0.425 e.